The van der Waals surface area contributed by atoms with Crippen molar-refractivity contribution >= 4 is 12.1 Å². The Kier molecular flexibility index (Phi) is 10.5. The molecule has 0 aliphatic heterocycles. The Hall–Kier alpha value is -2.70. The van der Waals surface area contributed by atoms with Gasteiger partial charge in [0.05, 0.1) is 12.8 Å². The van der Waals surface area contributed by atoms with Crippen LogP contribution in [-0.2, 0) is 22.2 Å². The molecule has 2 N–H and O–H groups in total. The van der Waals surface area contributed by atoms with Crippen LogP contribution in [-0.4, -0.2) is 60.8 Å². The second-order valence-electron chi connectivity index (χ2n) is 12.6. The fourth-order valence-corrected chi connectivity index (χ4v) is 4.03. The highest BCUT2D eigenvalue weighted by atomic mass is 16.3. The standard InChI is InChI=1S/C31H48N4O2/c1-22(2)24-13-11-23(12-14-24)20-34(9)15-16-35(10)21-28(36)33-32-19-25-17-26(30(3,4)5)18-27(29(25)37)31(6,7)8/h11-14,17-19,22,37H,15-16,20-21H2,1-10H3,(H,33,36)/b32-19+. The molecule has 0 atom stereocenters. The highest BCUT2D eigenvalue weighted by Crippen LogP contribution is 2.37. The van der Waals surface area contributed by atoms with Crippen LogP contribution in [0.15, 0.2) is 41.5 Å². The van der Waals surface area contributed by atoms with Gasteiger partial charge in [-0.05, 0) is 53.6 Å². The first-order chi connectivity index (χ1) is 17.1. The van der Waals surface area contributed by atoms with Crippen molar-refractivity contribution < 1.29 is 9.90 Å². The predicted octanol–water partition coefficient (Wildman–Crippen LogP) is 5.62. The molecule has 1 amide bonds. The van der Waals surface area contributed by atoms with Gasteiger partial charge in [0.2, 0.25) is 0 Å². The number of rotatable bonds is 10. The summed E-state index contributed by atoms with van der Waals surface area (Å²) in [5.74, 6) is 0.557. The first-order valence-corrected chi connectivity index (χ1v) is 13.2. The van der Waals surface area contributed by atoms with E-state index in [-0.39, 0.29) is 29.0 Å². The third-order valence-electron chi connectivity index (χ3n) is 6.58. The Morgan fingerprint density at radius 3 is 2.11 bits per heavy atom. The summed E-state index contributed by atoms with van der Waals surface area (Å²) in [7, 11) is 4.03. The van der Waals surface area contributed by atoms with Gasteiger partial charge in [0, 0.05) is 30.8 Å². The highest BCUT2D eigenvalue weighted by molar-refractivity contribution is 5.86. The number of phenols is 1. The average molecular weight is 509 g/mol. The van der Waals surface area contributed by atoms with Gasteiger partial charge < -0.3 is 10.0 Å². The fourth-order valence-electron chi connectivity index (χ4n) is 4.03. The number of phenolic OH excluding ortho intramolecular Hbond substituents is 1. The first kappa shape index (κ1) is 30.5. The van der Waals surface area contributed by atoms with Crippen molar-refractivity contribution in [2.24, 2.45) is 5.10 Å². The van der Waals surface area contributed by atoms with Crippen LogP contribution in [0.4, 0.5) is 0 Å². The van der Waals surface area contributed by atoms with E-state index in [1.165, 1.54) is 17.3 Å². The lowest BCUT2D eigenvalue weighted by Gasteiger charge is -2.26. The summed E-state index contributed by atoms with van der Waals surface area (Å²) in [5.41, 5.74) is 7.55. The molecule has 0 saturated carbocycles. The number of benzene rings is 2. The van der Waals surface area contributed by atoms with Gasteiger partial charge in [0.25, 0.3) is 5.91 Å². The van der Waals surface area contributed by atoms with Crippen molar-refractivity contribution in [1.82, 2.24) is 15.2 Å². The molecular formula is C31H48N4O2. The van der Waals surface area contributed by atoms with Crippen molar-refractivity contribution in [3.63, 3.8) is 0 Å². The molecule has 0 unspecified atom stereocenters. The van der Waals surface area contributed by atoms with Gasteiger partial charge in [-0.2, -0.15) is 5.10 Å². The summed E-state index contributed by atoms with van der Waals surface area (Å²) in [6.07, 6.45) is 1.54. The number of carbonyl (C=O) groups is 1. The van der Waals surface area contributed by atoms with Crippen molar-refractivity contribution in [2.45, 2.75) is 78.7 Å². The molecule has 204 valence electrons. The van der Waals surface area contributed by atoms with Crippen LogP contribution in [0.1, 0.15) is 89.1 Å². The van der Waals surface area contributed by atoms with Crippen molar-refractivity contribution in [1.29, 1.82) is 0 Å². The average Bonchev–Trinajstić information content (AvgIpc) is 2.77. The zero-order valence-corrected chi connectivity index (χ0v) is 24.6. The second kappa shape index (κ2) is 12.7. The van der Waals surface area contributed by atoms with E-state index in [1.54, 1.807) is 0 Å². The molecular weight excluding hydrogens is 460 g/mol. The Balaban J connectivity index is 1.90. The maximum Gasteiger partial charge on any atom is 0.254 e. The zero-order valence-electron chi connectivity index (χ0n) is 24.6. The number of nitrogens with one attached hydrogen (secondary N) is 1. The lowest BCUT2D eigenvalue weighted by Crippen LogP contribution is -2.37. The van der Waals surface area contributed by atoms with Crippen LogP contribution >= 0.6 is 0 Å². The summed E-state index contributed by atoms with van der Waals surface area (Å²) in [6.45, 7) is 19.8. The Morgan fingerprint density at radius 2 is 1.57 bits per heavy atom. The molecule has 2 aromatic carbocycles. The summed E-state index contributed by atoms with van der Waals surface area (Å²) in [5, 5.41) is 15.0. The molecule has 6 nitrogen and oxygen atoms in total. The number of likely N-dealkylation sites (N-methyl/N-ethyl adjacent to an activating group) is 2. The fraction of sp³-hybridized carbons (Fsp3) is 0.548. The Labute approximate surface area is 224 Å². The third-order valence-corrected chi connectivity index (χ3v) is 6.58. The van der Waals surface area contributed by atoms with Gasteiger partial charge in [-0.3, -0.25) is 9.69 Å². The van der Waals surface area contributed by atoms with Gasteiger partial charge in [-0.15, -0.1) is 0 Å². The highest BCUT2D eigenvalue weighted by Gasteiger charge is 2.24. The number of aromatic hydroxyl groups is 1. The van der Waals surface area contributed by atoms with E-state index in [9.17, 15) is 9.90 Å². The lowest BCUT2D eigenvalue weighted by molar-refractivity contribution is -0.121. The topological polar surface area (TPSA) is 68.2 Å². The molecule has 2 rings (SSSR count). The van der Waals surface area contributed by atoms with Gasteiger partial charge >= 0.3 is 0 Å². The van der Waals surface area contributed by atoms with Gasteiger partial charge in [0.1, 0.15) is 5.75 Å². The number of hydrogen-bond acceptors (Lipinski definition) is 5. The van der Waals surface area contributed by atoms with E-state index in [0.29, 0.717) is 11.5 Å². The van der Waals surface area contributed by atoms with Gasteiger partial charge in [-0.25, -0.2) is 5.43 Å². The second-order valence-corrected chi connectivity index (χ2v) is 12.6. The molecule has 2 aromatic rings. The smallest absolute Gasteiger partial charge is 0.254 e. The minimum Gasteiger partial charge on any atom is -0.507 e. The summed E-state index contributed by atoms with van der Waals surface area (Å²) < 4.78 is 0. The van der Waals surface area contributed by atoms with E-state index >= 15 is 0 Å². The lowest BCUT2D eigenvalue weighted by atomic mass is 9.79. The third kappa shape index (κ3) is 9.60. The van der Waals surface area contributed by atoms with Crippen LogP contribution in [0.25, 0.3) is 0 Å². The molecule has 0 fully saturated rings. The van der Waals surface area contributed by atoms with Crippen molar-refractivity contribution in [3.05, 3.63) is 64.2 Å². The maximum absolute atomic E-state index is 12.5. The monoisotopic (exact) mass is 508 g/mol. The molecule has 0 saturated heterocycles. The molecule has 6 heteroatoms. The number of hydrogen-bond donors (Lipinski definition) is 2. The van der Waals surface area contributed by atoms with Crippen LogP contribution in [0.3, 0.4) is 0 Å². The Bertz CT molecular complexity index is 1060. The quantitative estimate of drug-likeness (QED) is 0.323. The predicted molar refractivity (Wildman–Crippen MR) is 156 cm³/mol. The minimum absolute atomic E-state index is 0.0764. The molecule has 0 heterocycles. The molecule has 0 aromatic heterocycles. The van der Waals surface area contributed by atoms with E-state index in [1.807, 2.05) is 18.0 Å². The van der Waals surface area contributed by atoms with E-state index in [4.69, 9.17) is 0 Å². The van der Waals surface area contributed by atoms with E-state index in [2.05, 4.69) is 108 Å². The van der Waals surface area contributed by atoms with Crippen LogP contribution in [0, 0.1) is 0 Å². The van der Waals surface area contributed by atoms with Crippen LogP contribution in [0.2, 0.25) is 0 Å². The molecule has 0 aliphatic rings. The van der Waals surface area contributed by atoms with Crippen molar-refractivity contribution in [3.8, 4) is 5.75 Å². The van der Waals surface area contributed by atoms with E-state index in [0.717, 1.165) is 30.8 Å². The molecule has 0 radical (unpaired) electrons. The summed E-state index contributed by atoms with van der Waals surface area (Å²) >= 11 is 0. The number of hydrazone groups is 1. The van der Waals surface area contributed by atoms with Crippen molar-refractivity contribution in [2.75, 3.05) is 33.7 Å². The largest absolute Gasteiger partial charge is 0.507 e. The number of nitrogens with zero attached hydrogens (tertiary/aromatic N) is 3. The maximum atomic E-state index is 12.5. The van der Waals surface area contributed by atoms with Crippen LogP contribution < -0.4 is 5.43 Å². The summed E-state index contributed by atoms with van der Waals surface area (Å²) in [4.78, 5) is 16.7. The first-order valence-electron chi connectivity index (χ1n) is 13.2. The summed E-state index contributed by atoms with van der Waals surface area (Å²) in [6, 6.07) is 12.8. The van der Waals surface area contributed by atoms with Gasteiger partial charge in [0.15, 0.2) is 0 Å². The molecule has 37 heavy (non-hydrogen) atoms. The molecule has 0 spiro atoms. The van der Waals surface area contributed by atoms with Gasteiger partial charge in [-0.1, -0.05) is 85.7 Å². The Morgan fingerprint density at radius 1 is 0.973 bits per heavy atom. The minimum atomic E-state index is -0.218. The normalized spacial score (nSPS) is 12.8. The van der Waals surface area contributed by atoms with Crippen LogP contribution in [0.5, 0.6) is 5.75 Å². The zero-order chi connectivity index (χ0) is 28.0. The van der Waals surface area contributed by atoms with E-state index < -0.39 is 0 Å². The molecule has 0 bridgehead atoms. The number of amides is 1. The number of carbonyl (C=O) groups excluding carboxylic acids is 1. The molecule has 0 aliphatic carbocycles. The SMILES string of the molecule is CC(C)c1ccc(CN(C)CCN(C)CC(=O)N/N=C/c2cc(C(C)(C)C)cc(C(C)(C)C)c2O)cc1.